The van der Waals surface area contributed by atoms with E-state index in [0.717, 1.165) is 12.0 Å². The molecule has 2 aromatic carbocycles. The van der Waals surface area contributed by atoms with Gasteiger partial charge in [-0.1, -0.05) is 41.9 Å². The Labute approximate surface area is 227 Å². The van der Waals surface area contributed by atoms with Gasteiger partial charge in [0.2, 0.25) is 17.7 Å². The molecule has 202 valence electrons. The number of amides is 3. The topological polar surface area (TPSA) is 108 Å². The van der Waals surface area contributed by atoms with Gasteiger partial charge < -0.3 is 25.4 Å². The molecule has 2 unspecified atom stereocenters. The van der Waals surface area contributed by atoms with E-state index in [1.165, 1.54) is 0 Å². The second kappa shape index (κ2) is 10.7. The summed E-state index contributed by atoms with van der Waals surface area (Å²) in [5.41, 5.74) is -0.368. The van der Waals surface area contributed by atoms with E-state index in [1.54, 1.807) is 29.2 Å². The number of likely N-dealkylation sites (tertiary alicyclic amines) is 1. The lowest BCUT2D eigenvalue weighted by Crippen LogP contribution is -2.53. The Morgan fingerprint density at radius 1 is 1.05 bits per heavy atom. The molecular formula is C29H34ClN3O5. The third-order valence-corrected chi connectivity index (χ3v) is 8.54. The largest absolute Gasteiger partial charge is 0.396 e. The Morgan fingerprint density at radius 3 is 2.50 bits per heavy atom. The molecule has 2 aromatic rings. The Hall–Kier alpha value is -2.94. The average molecular weight is 540 g/mol. The third-order valence-electron chi connectivity index (χ3n) is 8.29. The molecule has 38 heavy (non-hydrogen) atoms. The van der Waals surface area contributed by atoms with E-state index in [9.17, 15) is 19.5 Å². The molecule has 3 heterocycles. The molecular weight excluding hydrogens is 506 g/mol. The fourth-order valence-electron chi connectivity index (χ4n) is 6.58. The second-order valence-corrected chi connectivity index (χ2v) is 11.2. The monoisotopic (exact) mass is 539 g/mol. The van der Waals surface area contributed by atoms with Crippen molar-refractivity contribution in [2.24, 2.45) is 11.8 Å². The molecule has 3 fully saturated rings. The van der Waals surface area contributed by atoms with Crippen LogP contribution in [0.3, 0.4) is 0 Å². The maximum absolute atomic E-state index is 14.0. The summed E-state index contributed by atoms with van der Waals surface area (Å²) in [5.74, 6) is -2.21. The molecule has 0 radical (unpaired) electrons. The van der Waals surface area contributed by atoms with Crippen molar-refractivity contribution in [3.63, 3.8) is 0 Å². The average Bonchev–Trinajstić information content (AvgIpc) is 3.48. The first-order valence-corrected chi connectivity index (χ1v) is 13.7. The zero-order chi connectivity index (χ0) is 26.9. The van der Waals surface area contributed by atoms with Gasteiger partial charge in [0.25, 0.3) is 0 Å². The molecule has 2 bridgehead atoms. The predicted molar refractivity (Wildman–Crippen MR) is 143 cm³/mol. The Balaban J connectivity index is 1.42. The van der Waals surface area contributed by atoms with E-state index in [4.69, 9.17) is 16.3 Å². The maximum atomic E-state index is 14.0. The number of aliphatic hydroxyl groups excluding tert-OH is 1. The molecule has 3 aliphatic rings. The number of benzene rings is 2. The van der Waals surface area contributed by atoms with E-state index in [2.05, 4.69) is 10.6 Å². The van der Waals surface area contributed by atoms with Crippen molar-refractivity contribution in [3.05, 3.63) is 65.2 Å². The minimum Gasteiger partial charge on any atom is -0.396 e. The number of aliphatic hydroxyl groups is 1. The lowest BCUT2D eigenvalue weighted by molar-refractivity contribution is -0.144. The lowest BCUT2D eigenvalue weighted by atomic mass is 9.66. The number of hydrogen-bond donors (Lipinski definition) is 3. The first kappa shape index (κ1) is 26.7. The van der Waals surface area contributed by atoms with Gasteiger partial charge in [0.15, 0.2) is 0 Å². The number of nitrogens with zero attached hydrogens (tertiary/aromatic N) is 1. The van der Waals surface area contributed by atoms with Crippen LogP contribution in [0.15, 0.2) is 54.6 Å². The summed E-state index contributed by atoms with van der Waals surface area (Å²) in [6.45, 7) is 2.67. The van der Waals surface area contributed by atoms with Crippen LogP contribution in [0.1, 0.15) is 44.6 Å². The van der Waals surface area contributed by atoms with Crippen molar-refractivity contribution in [2.45, 2.75) is 62.8 Å². The minimum absolute atomic E-state index is 0.0755. The molecule has 3 aliphatic heterocycles. The van der Waals surface area contributed by atoms with Gasteiger partial charge in [-0.05, 0) is 68.9 Å². The van der Waals surface area contributed by atoms with Gasteiger partial charge in [-0.15, -0.1) is 0 Å². The van der Waals surface area contributed by atoms with Gasteiger partial charge in [-0.3, -0.25) is 14.4 Å². The fourth-order valence-corrected chi connectivity index (χ4v) is 6.70. The molecule has 5 rings (SSSR count). The van der Waals surface area contributed by atoms with Crippen molar-refractivity contribution in [1.29, 1.82) is 0 Å². The first-order chi connectivity index (χ1) is 18.3. The zero-order valence-electron chi connectivity index (χ0n) is 21.5. The molecule has 1 spiro atoms. The summed E-state index contributed by atoms with van der Waals surface area (Å²) < 4.78 is 6.63. The quantitative estimate of drug-likeness (QED) is 0.400. The molecule has 3 saturated heterocycles. The van der Waals surface area contributed by atoms with Gasteiger partial charge in [-0.25, -0.2) is 0 Å². The van der Waals surface area contributed by atoms with Crippen LogP contribution in [0.2, 0.25) is 5.02 Å². The molecule has 9 heteroatoms. The summed E-state index contributed by atoms with van der Waals surface area (Å²) in [6.07, 6.45) is 3.10. The number of fused-ring (bicyclic) bond motifs is 1. The first-order valence-electron chi connectivity index (χ1n) is 13.3. The van der Waals surface area contributed by atoms with Crippen molar-refractivity contribution in [1.82, 2.24) is 10.2 Å². The predicted octanol–water partition coefficient (Wildman–Crippen LogP) is 3.52. The van der Waals surface area contributed by atoms with E-state index >= 15 is 0 Å². The van der Waals surface area contributed by atoms with Crippen LogP contribution in [0.5, 0.6) is 0 Å². The van der Waals surface area contributed by atoms with E-state index < -0.39 is 29.1 Å². The summed E-state index contributed by atoms with van der Waals surface area (Å²) >= 11 is 6.01. The lowest BCUT2D eigenvalue weighted by Gasteiger charge is -2.33. The Bertz CT molecular complexity index is 1190. The standard InChI is InChI=1S/C29H34ClN3O5/c1-28-14-15-29(38-28)23(22(28)25(35)31-18-19-8-4-2-5-9-19)27(37)33(16-6-3-7-17-34)24(29)26(36)32-21-12-10-20(30)11-13-21/h2,4-5,8-13,22-24,34H,3,6-7,14-18H2,1H3,(H,31,35)(H,32,36)/t22-,23+,24?,28+,29?/m1/s1. The third kappa shape index (κ3) is 4.70. The van der Waals surface area contributed by atoms with Crippen molar-refractivity contribution >= 4 is 35.0 Å². The van der Waals surface area contributed by atoms with E-state index in [-0.39, 0.29) is 24.3 Å². The van der Waals surface area contributed by atoms with E-state index in [0.29, 0.717) is 49.5 Å². The molecule has 0 saturated carbocycles. The minimum atomic E-state index is -1.08. The molecule has 0 aromatic heterocycles. The van der Waals surface area contributed by atoms with Crippen molar-refractivity contribution in [2.75, 3.05) is 18.5 Å². The van der Waals surface area contributed by atoms with Crippen molar-refractivity contribution in [3.8, 4) is 0 Å². The van der Waals surface area contributed by atoms with Gasteiger partial charge in [-0.2, -0.15) is 0 Å². The normalized spacial score (nSPS) is 29.4. The van der Waals surface area contributed by atoms with Crippen LogP contribution in [-0.4, -0.2) is 58.1 Å². The van der Waals surface area contributed by atoms with Crippen LogP contribution in [0.4, 0.5) is 5.69 Å². The number of ether oxygens (including phenoxy) is 1. The molecule has 8 nitrogen and oxygen atoms in total. The highest BCUT2D eigenvalue weighted by molar-refractivity contribution is 6.30. The Kier molecular flexibility index (Phi) is 7.49. The molecule has 0 aliphatic carbocycles. The number of carbonyl (C=O) groups is 3. The van der Waals surface area contributed by atoms with Crippen LogP contribution in [-0.2, 0) is 25.7 Å². The number of anilines is 1. The maximum Gasteiger partial charge on any atom is 0.250 e. The van der Waals surface area contributed by atoms with Gasteiger partial charge in [0.05, 0.1) is 17.4 Å². The summed E-state index contributed by atoms with van der Waals surface area (Å²) in [6, 6.07) is 15.6. The Morgan fingerprint density at radius 2 is 1.79 bits per heavy atom. The van der Waals surface area contributed by atoms with Crippen LogP contribution in [0, 0.1) is 11.8 Å². The van der Waals surface area contributed by atoms with Crippen LogP contribution in [0.25, 0.3) is 0 Å². The molecule has 3 N–H and O–H groups in total. The van der Waals surface area contributed by atoms with Crippen LogP contribution < -0.4 is 10.6 Å². The molecule has 5 atom stereocenters. The number of hydrogen-bond acceptors (Lipinski definition) is 5. The van der Waals surface area contributed by atoms with E-state index in [1.807, 2.05) is 37.3 Å². The number of carbonyl (C=O) groups excluding carboxylic acids is 3. The van der Waals surface area contributed by atoms with Crippen molar-refractivity contribution < 1.29 is 24.2 Å². The fraction of sp³-hybridized carbons (Fsp3) is 0.483. The highest BCUT2D eigenvalue weighted by atomic mass is 35.5. The highest BCUT2D eigenvalue weighted by Crippen LogP contribution is 2.63. The van der Waals surface area contributed by atoms with Gasteiger partial charge in [0.1, 0.15) is 11.6 Å². The summed E-state index contributed by atoms with van der Waals surface area (Å²) in [4.78, 5) is 43.0. The second-order valence-electron chi connectivity index (χ2n) is 10.7. The number of halogens is 1. The number of rotatable bonds is 10. The number of nitrogens with one attached hydrogen (secondary N) is 2. The summed E-state index contributed by atoms with van der Waals surface area (Å²) in [5, 5.41) is 15.7. The smallest absolute Gasteiger partial charge is 0.250 e. The van der Waals surface area contributed by atoms with Crippen LogP contribution >= 0.6 is 11.6 Å². The highest BCUT2D eigenvalue weighted by Gasteiger charge is 2.77. The zero-order valence-corrected chi connectivity index (χ0v) is 22.2. The van der Waals surface area contributed by atoms with Gasteiger partial charge in [0, 0.05) is 30.4 Å². The van der Waals surface area contributed by atoms with Gasteiger partial charge >= 0.3 is 0 Å². The SMILES string of the molecule is C[C@@]12CCC3(O1)C(C(=O)Nc1ccc(Cl)cc1)N(CCCCCO)C(=O)[C@@H]3[C@@H]2C(=O)NCc1ccccc1. The molecule has 3 amide bonds. The number of unbranched alkanes of at least 4 members (excludes halogenated alkanes) is 2. The summed E-state index contributed by atoms with van der Waals surface area (Å²) in [7, 11) is 0.